The quantitative estimate of drug-likeness (QED) is 0.0402. The van der Waals surface area contributed by atoms with Crippen LogP contribution in [-0.4, -0.2) is 95.5 Å². The molecule has 0 spiro atoms. The van der Waals surface area contributed by atoms with E-state index < -0.39 is 244 Å². The second-order valence-corrected chi connectivity index (χ2v) is 20.7. The van der Waals surface area contributed by atoms with Gasteiger partial charge in [0, 0.05) is 171 Å². The van der Waals surface area contributed by atoms with Crippen molar-refractivity contribution in [2.24, 2.45) is 0 Å². The minimum atomic E-state index is -1.32. The van der Waals surface area contributed by atoms with Crippen molar-refractivity contribution in [3.63, 3.8) is 0 Å². The van der Waals surface area contributed by atoms with E-state index in [-0.39, 0.29) is 0 Å². The fourth-order valence-electron chi connectivity index (χ4n) is 8.97. The third-order valence-corrected chi connectivity index (χ3v) is 11.6. The molecule has 0 atom stereocenters. The number of carbonyl (C=O) groups is 16. The molecule has 0 amide bonds. The van der Waals surface area contributed by atoms with Gasteiger partial charge in [0.1, 0.15) is 57.5 Å². The molecular formula is C68H58O35. The van der Waals surface area contributed by atoms with Gasteiger partial charge in [0.15, 0.2) is 46.0 Å². The van der Waals surface area contributed by atoms with Crippen LogP contribution in [0.15, 0.2) is 60.7 Å². The summed E-state index contributed by atoms with van der Waals surface area (Å²) in [5, 5.41) is 0. The maximum absolute atomic E-state index is 13.8. The van der Waals surface area contributed by atoms with Gasteiger partial charge in [-0.1, -0.05) is 0 Å². The number of benzene rings is 6. The van der Waals surface area contributed by atoms with E-state index >= 15 is 0 Å². The first-order valence-corrected chi connectivity index (χ1v) is 29.3. The number of hydrogen-bond acceptors (Lipinski definition) is 35. The topological polar surface area (TPSA) is 448 Å². The predicted molar refractivity (Wildman–Crippen MR) is 338 cm³/mol. The third-order valence-electron chi connectivity index (χ3n) is 11.6. The molecule has 0 bridgehead atoms. The zero-order valence-electron chi connectivity index (χ0n) is 57.1. The molecule has 0 N–H and O–H groups in total. The highest BCUT2D eigenvalue weighted by molar-refractivity contribution is 5.98. The van der Waals surface area contributed by atoms with Gasteiger partial charge in [-0.2, -0.15) is 0 Å². The van der Waals surface area contributed by atoms with E-state index in [4.69, 9.17) is 90.0 Å². The lowest BCUT2D eigenvalue weighted by Crippen LogP contribution is -2.13. The lowest BCUT2D eigenvalue weighted by atomic mass is 9.99. The SMILES string of the molecule is CC(=O)Oc1cc(Oc2c(OC(C)=O)cc(OC(C)=O)c(-c3c(OC(C)=O)cc(OC(C)=O)cc3OC(C)=O)c2OC(C)=O)c(Oc2cc(OC(C)=O)c(OC(C)=O)c(OC(C)=O)c2)c(Oc2c(OC(C)=O)cc(OC(C)=O)c(-c3c(OC(C)=O)cc(OC(C)=O)cc3OC(C)=O)c2OC(C)=O)c1. The summed E-state index contributed by atoms with van der Waals surface area (Å²) in [6.07, 6.45) is 0. The van der Waals surface area contributed by atoms with Gasteiger partial charge in [0.05, 0.1) is 22.3 Å². The van der Waals surface area contributed by atoms with Crippen molar-refractivity contribution >= 4 is 95.5 Å². The summed E-state index contributed by atoms with van der Waals surface area (Å²) in [4.78, 5) is 209. The molecule has 0 aliphatic heterocycles. The maximum atomic E-state index is 13.8. The Balaban J connectivity index is 2.01. The van der Waals surface area contributed by atoms with E-state index in [1.165, 1.54) is 0 Å². The second kappa shape index (κ2) is 33.7. The summed E-state index contributed by atoms with van der Waals surface area (Å²) in [5.41, 5.74) is -2.98. The summed E-state index contributed by atoms with van der Waals surface area (Å²) >= 11 is 0. The van der Waals surface area contributed by atoms with E-state index in [2.05, 4.69) is 0 Å². The third kappa shape index (κ3) is 21.6. The van der Waals surface area contributed by atoms with E-state index in [1.54, 1.807) is 0 Å². The summed E-state index contributed by atoms with van der Waals surface area (Å²) in [6, 6.07) is 8.26. The molecule has 0 aliphatic rings. The zero-order valence-corrected chi connectivity index (χ0v) is 57.1. The van der Waals surface area contributed by atoms with Crippen LogP contribution in [0.5, 0.6) is 126 Å². The largest absolute Gasteiger partial charge is 0.449 e. The Bertz CT molecular complexity index is 4270. The number of esters is 16. The van der Waals surface area contributed by atoms with Crippen molar-refractivity contribution in [1.29, 1.82) is 0 Å². The van der Waals surface area contributed by atoms with E-state index in [0.717, 1.165) is 171 Å². The molecule has 0 radical (unpaired) electrons. The fraction of sp³-hybridized carbons (Fsp3) is 0.235. The highest BCUT2D eigenvalue weighted by Crippen LogP contribution is 2.61. The van der Waals surface area contributed by atoms with Gasteiger partial charge in [-0.15, -0.1) is 0 Å². The normalized spacial score (nSPS) is 10.4. The molecule has 6 aromatic rings. The molecule has 0 saturated heterocycles. The maximum Gasteiger partial charge on any atom is 0.308 e. The van der Waals surface area contributed by atoms with Crippen LogP contribution in [0.4, 0.5) is 0 Å². The first-order chi connectivity index (χ1) is 48.2. The average molecular weight is 1440 g/mol. The minimum Gasteiger partial charge on any atom is -0.449 e. The lowest BCUT2D eigenvalue weighted by molar-refractivity contribution is -0.135. The van der Waals surface area contributed by atoms with Gasteiger partial charge in [0.25, 0.3) is 0 Å². The molecule has 0 aliphatic carbocycles. The Labute approximate surface area is 580 Å². The molecule has 0 unspecified atom stereocenters. The van der Waals surface area contributed by atoms with Gasteiger partial charge < -0.3 is 90.0 Å². The van der Waals surface area contributed by atoms with Crippen molar-refractivity contribution in [2.45, 2.75) is 111 Å². The molecule has 6 rings (SSSR count). The minimum absolute atomic E-state index is 0.472. The lowest BCUT2D eigenvalue weighted by Gasteiger charge is -2.25. The summed E-state index contributed by atoms with van der Waals surface area (Å²) < 4.78 is 109. The first-order valence-electron chi connectivity index (χ1n) is 29.3. The molecular weight excluding hydrogens is 1380 g/mol. The first kappa shape index (κ1) is 78.2. The zero-order chi connectivity index (χ0) is 76.8. The summed E-state index contributed by atoms with van der Waals surface area (Å²) in [7, 11) is 0. The number of hydrogen-bond donors (Lipinski definition) is 0. The van der Waals surface area contributed by atoms with E-state index in [0.29, 0.717) is 0 Å². The van der Waals surface area contributed by atoms with Gasteiger partial charge in [-0.3, -0.25) is 76.7 Å². The second-order valence-electron chi connectivity index (χ2n) is 20.7. The molecule has 0 heterocycles. The highest BCUT2D eigenvalue weighted by Gasteiger charge is 2.38. The molecule has 35 heteroatoms. The van der Waals surface area contributed by atoms with Crippen LogP contribution >= 0.6 is 0 Å². The van der Waals surface area contributed by atoms with Crippen LogP contribution in [0.1, 0.15) is 111 Å². The molecule has 0 aromatic heterocycles. The number of carbonyl (C=O) groups excluding carboxylic acids is 16. The number of rotatable bonds is 24. The standard InChI is InChI=1S/C68H58O35/c1-27(69)85-43-17-47(88-30(4)72)59(48(18-43)89-31(5)73)61-51(92-34(8)76)25-57(96-38(12)80)65(67(61)99-41(15)83)102-55-21-45(87-29(3)71)22-56(64(55)101-46-23-53(94-36(10)78)63(98-40(14)82)54(24-46)95-37(11)79)103-66-58(97-39(13)81)26-52(93-35(9)77)62(68(66)100-42(16)84)60-49(90-32(6)74)19-44(86-28(2)70)20-50(60)91-33(7)75/h17-26H,1-16H3. The van der Waals surface area contributed by atoms with Gasteiger partial charge in [-0.25, -0.2) is 0 Å². The van der Waals surface area contributed by atoms with E-state index in [9.17, 15) is 76.7 Å². The monoisotopic (exact) mass is 1430 g/mol. The molecule has 0 fully saturated rings. The van der Waals surface area contributed by atoms with E-state index in [1.807, 2.05) is 0 Å². The Morgan fingerprint density at radius 2 is 0.340 bits per heavy atom. The van der Waals surface area contributed by atoms with Crippen LogP contribution in [0.25, 0.3) is 22.3 Å². The van der Waals surface area contributed by atoms with Gasteiger partial charge >= 0.3 is 95.5 Å². The molecule has 0 saturated carbocycles. The van der Waals surface area contributed by atoms with Crippen molar-refractivity contribution in [3.8, 4) is 149 Å². The van der Waals surface area contributed by atoms with Crippen molar-refractivity contribution in [2.75, 3.05) is 0 Å². The molecule has 103 heavy (non-hydrogen) atoms. The highest BCUT2D eigenvalue weighted by atomic mass is 16.6. The van der Waals surface area contributed by atoms with Crippen LogP contribution in [0.3, 0.4) is 0 Å². The predicted octanol–water partition coefficient (Wildman–Crippen LogP) is 9.20. The Morgan fingerprint density at radius 1 is 0.155 bits per heavy atom. The van der Waals surface area contributed by atoms with Crippen LogP contribution < -0.4 is 90.0 Å². The van der Waals surface area contributed by atoms with Crippen molar-refractivity contribution in [3.05, 3.63) is 60.7 Å². The van der Waals surface area contributed by atoms with Crippen LogP contribution in [0.2, 0.25) is 0 Å². The Kier molecular flexibility index (Phi) is 25.6. The fourth-order valence-corrected chi connectivity index (χ4v) is 8.97. The summed E-state index contributed by atoms with van der Waals surface area (Å²) in [6.45, 7) is 14.1. The molecule has 540 valence electrons. The van der Waals surface area contributed by atoms with Crippen LogP contribution in [-0.2, 0) is 76.7 Å². The van der Waals surface area contributed by atoms with Gasteiger partial charge in [0.2, 0.25) is 23.0 Å². The average Bonchev–Trinajstić information content (AvgIpc) is 0.750. The Morgan fingerprint density at radius 3 is 0.573 bits per heavy atom. The smallest absolute Gasteiger partial charge is 0.308 e. The van der Waals surface area contributed by atoms with Crippen molar-refractivity contribution in [1.82, 2.24) is 0 Å². The Hall–Kier alpha value is -13.8. The molecule has 6 aromatic carbocycles. The van der Waals surface area contributed by atoms with Gasteiger partial charge in [-0.05, 0) is 0 Å². The molecule has 35 nitrogen and oxygen atoms in total. The number of ether oxygens (including phenoxy) is 19. The van der Waals surface area contributed by atoms with Crippen molar-refractivity contribution < 1.29 is 167 Å². The summed E-state index contributed by atoms with van der Waals surface area (Å²) in [5.74, 6) is -36.8. The van der Waals surface area contributed by atoms with Crippen LogP contribution in [0, 0.1) is 0 Å².